The Bertz CT molecular complexity index is 867. The minimum Gasteiger partial charge on any atom is -0.373 e. The van der Waals surface area contributed by atoms with E-state index in [9.17, 15) is 9.59 Å². The predicted octanol–water partition coefficient (Wildman–Crippen LogP) is 2.24. The lowest BCUT2D eigenvalue weighted by atomic mass is 10.1. The lowest BCUT2D eigenvalue weighted by Crippen LogP contribution is -2.46. The van der Waals surface area contributed by atoms with Crippen molar-refractivity contribution in [2.75, 3.05) is 43.0 Å². The largest absolute Gasteiger partial charge is 0.373 e. The number of fused-ring (bicyclic) bond motifs is 2. The molecule has 6 nitrogen and oxygen atoms in total. The molecule has 1 N–H and O–H groups in total. The fraction of sp³-hybridized carbons (Fsp3) is 0.333. The Kier molecular flexibility index (Phi) is 4.71. The smallest absolute Gasteiger partial charge is 0.318 e. The average molecular weight is 364 g/mol. The van der Waals surface area contributed by atoms with Crippen molar-refractivity contribution >= 4 is 23.3 Å². The third kappa shape index (κ3) is 3.47. The number of likely N-dealkylation sites (N-methyl/N-ethyl adjacent to an activating group) is 1. The normalized spacial score (nSPS) is 15.8. The van der Waals surface area contributed by atoms with Gasteiger partial charge in [-0.15, -0.1) is 0 Å². The lowest BCUT2D eigenvalue weighted by Gasteiger charge is -2.23. The number of nitrogens with one attached hydrogen (secondary N) is 1. The van der Waals surface area contributed by atoms with Gasteiger partial charge in [-0.25, -0.2) is 4.79 Å². The van der Waals surface area contributed by atoms with Crippen LogP contribution in [0.5, 0.6) is 0 Å². The number of rotatable bonds is 2. The van der Waals surface area contributed by atoms with E-state index in [1.807, 2.05) is 49.5 Å². The number of anilines is 2. The highest BCUT2D eigenvalue weighted by Gasteiger charge is 2.26. The van der Waals surface area contributed by atoms with E-state index >= 15 is 0 Å². The molecule has 0 aliphatic carbocycles. The number of hydrogen-bond donors (Lipinski definition) is 1. The van der Waals surface area contributed by atoms with E-state index in [0.717, 1.165) is 29.9 Å². The number of amides is 3. The molecule has 0 spiro atoms. The number of nitrogens with zero attached hydrogens (tertiary/aromatic N) is 3. The van der Waals surface area contributed by atoms with Gasteiger partial charge < -0.3 is 20.0 Å². The highest BCUT2D eigenvalue weighted by atomic mass is 16.2. The summed E-state index contributed by atoms with van der Waals surface area (Å²) in [5, 5.41) is 2.81. The first kappa shape index (κ1) is 17.4. The third-order valence-electron chi connectivity index (χ3n) is 5.34. The van der Waals surface area contributed by atoms with Crippen molar-refractivity contribution in [3.05, 3.63) is 59.7 Å². The SMILES string of the molecule is CN1CCN(C(=O)NCC(=O)N2CCc3ccccc32)Cc2ccccc21. The van der Waals surface area contributed by atoms with Crippen LogP contribution < -0.4 is 15.1 Å². The lowest BCUT2D eigenvalue weighted by molar-refractivity contribution is -0.117. The zero-order valence-corrected chi connectivity index (χ0v) is 15.5. The van der Waals surface area contributed by atoms with E-state index in [1.165, 1.54) is 5.56 Å². The number of carbonyl (C=O) groups is 2. The second-order valence-electron chi connectivity index (χ2n) is 7.05. The summed E-state index contributed by atoms with van der Waals surface area (Å²) >= 11 is 0. The van der Waals surface area contributed by atoms with Gasteiger partial charge >= 0.3 is 6.03 Å². The maximum atomic E-state index is 12.7. The Morgan fingerprint density at radius 1 is 0.926 bits per heavy atom. The van der Waals surface area contributed by atoms with Crippen molar-refractivity contribution in [2.24, 2.45) is 0 Å². The second kappa shape index (κ2) is 7.31. The summed E-state index contributed by atoms with van der Waals surface area (Å²) in [6.07, 6.45) is 0.866. The molecule has 2 aromatic rings. The van der Waals surface area contributed by atoms with E-state index in [0.29, 0.717) is 19.6 Å². The topological polar surface area (TPSA) is 55.9 Å². The molecule has 0 aromatic heterocycles. The molecule has 0 unspecified atom stereocenters. The highest BCUT2D eigenvalue weighted by Crippen LogP contribution is 2.27. The highest BCUT2D eigenvalue weighted by molar-refractivity contribution is 5.98. The third-order valence-corrected chi connectivity index (χ3v) is 5.34. The van der Waals surface area contributed by atoms with Gasteiger partial charge in [-0.1, -0.05) is 36.4 Å². The first-order chi connectivity index (χ1) is 13.1. The van der Waals surface area contributed by atoms with Crippen molar-refractivity contribution in [2.45, 2.75) is 13.0 Å². The van der Waals surface area contributed by atoms with Crippen LogP contribution in [0, 0.1) is 0 Å². The zero-order valence-electron chi connectivity index (χ0n) is 15.5. The van der Waals surface area contributed by atoms with Crippen LogP contribution in [0.15, 0.2) is 48.5 Å². The monoisotopic (exact) mass is 364 g/mol. The first-order valence-electron chi connectivity index (χ1n) is 9.33. The second-order valence-corrected chi connectivity index (χ2v) is 7.05. The van der Waals surface area contributed by atoms with E-state index in [-0.39, 0.29) is 18.5 Å². The van der Waals surface area contributed by atoms with Gasteiger partial charge in [0.1, 0.15) is 0 Å². The Morgan fingerprint density at radius 3 is 2.44 bits per heavy atom. The molecular weight excluding hydrogens is 340 g/mol. The summed E-state index contributed by atoms with van der Waals surface area (Å²) in [5.74, 6) is -0.0689. The van der Waals surface area contributed by atoms with Gasteiger partial charge in [0, 0.05) is 44.6 Å². The van der Waals surface area contributed by atoms with Gasteiger partial charge in [-0.2, -0.15) is 0 Å². The van der Waals surface area contributed by atoms with E-state index in [2.05, 4.69) is 16.3 Å². The summed E-state index contributed by atoms with van der Waals surface area (Å²) in [7, 11) is 2.04. The molecule has 0 saturated heterocycles. The van der Waals surface area contributed by atoms with Gasteiger partial charge in [-0.3, -0.25) is 4.79 Å². The number of carbonyl (C=O) groups excluding carboxylic acids is 2. The molecule has 3 amide bonds. The summed E-state index contributed by atoms with van der Waals surface area (Å²) in [5.41, 5.74) is 4.41. The van der Waals surface area contributed by atoms with Crippen LogP contribution in [0.25, 0.3) is 0 Å². The molecule has 2 heterocycles. The fourth-order valence-corrected chi connectivity index (χ4v) is 3.82. The minimum absolute atomic E-state index is 0.0150. The fourth-order valence-electron chi connectivity index (χ4n) is 3.82. The molecule has 0 saturated carbocycles. The molecule has 0 fully saturated rings. The standard InChI is InChI=1S/C21H24N4O2/c1-23-12-13-24(15-17-7-3-4-8-18(17)23)21(27)22-14-20(26)25-11-10-16-6-2-5-9-19(16)25/h2-9H,10-15H2,1H3,(H,22,27). The molecule has 140 valence electrons. The summed E-state index contributed by atoms with van der Waals surface area (Å²) < 4.78 is 0. The zero-order chi connectivity index (χ0) is 18.8. The van der Waals surface area contributed by atoms with Crippen LogP contribution in [0.2, 0.25) is 0 Å². The van der Waals surface area contributed by atoms with E-state index in [1.54, 1.807) is 9.80 Å². The van der Waals surface area contributed by atoms with Gasteiger partial charge in [0.15, 0.2) is 0 Å². The molecule has 2 aromatic carbocycles. The summed E-state index contributed by atoms with van der Waals surface area (Å²) in [4.78, 5) is 31.0. The van der Waals surface area contributed by atoms with Gasteiger partial charge in [0.25, 0.3) is 0 Å². The quantitative estimate of drug-likeness (QED) is 0.889. The molecule has 2 aliphatic heterocycles. The number of urea groups is 1. The van der Waals surface area contributed by atoms with Crippen molar-refractivity contribution in [1.29, 1.82) is 0 Å². The molecule has 0 radical (unpaired) electrons. The van der Waals surface area contributed by atoms with E-state index < -0.39 is 0 Å². The molecule has 0 atom stereocenters. The Balaban J connectivity index is 1.38. The van der Waals surface area contributed by atoms with Crippen LogP contribution in [0.4, 0.5) is 16.2 Å². The first-order valence-corrected chi connectivity index (χ1v) is 9.33. The molecule has 27 heavy (non-hydrogen) atoms. The van der Waals surface area contributed by atoms with Crippen LogP contribution in [-0.4, -0.2) is 50.1 Å². The molecule has 2 aliphatic rings. The van der Waals surface area contributed by atoms with Gasteiger partial charge in [0.2, 0.25) is 5.91 Å². The Morgan fingerprint density at radius 2 is 1.63 bits per heavy atom. The molecular formula is C21H24N4O2. The minimum atomic E-state index is -0.194. The van der Waals surface area contributed by atoms with Crippen LogP contribution in [0.1, 0.15) is 11.1 Å². The van der Waals surface area contributed by atoms with E-state index in [4.69, 9.17) is 0 Å². The number of para-hydroxylation sites is 2. The van der Waals surface area contributed by atoms with Gasteiger partial charge in [0.05, 0.1) is 6.54 Å². The van der Waals surface area contributed by atoms with Crippen molar-refractivity contribution in [3.63, 3.8) is 0 Å². The van der Waals surface area contributed by atoms with Crippen molar-refractivity contribution in [1.82, 2.24) is 10.2 Å². The number of benzene rings is 2. The maximum Gasteiger partial charge on any atom is 0.318 e. The predicted molar refractivity (Wildman–Crippen MR) is 106 cm³/mol. The Hall–Kier alpha value is -3.02. The van der Waals surface area contributed by atoms with Crippen molar-refractivity contribution < 1.29 is 9.59 Å². The van der Waals surface area contributed by atoms with Crippen molar-refractivity contribution in [3.8, 4) is 0 Å². The summed E-state index contributed by atoms with van der Waals surface area (Å²) in [6, 6.07) is 15.9. The molecule has 0 bridgehead atoms. The molecule has 6 heteroatoms. The number of hydrogen-bond acceptors (Lipinski definition) is 3. The summed E-state index contributed by atoms with van der Waals surface area (Å²) in [6.45, 7) is 2.62. The molecule has 4 rings (SSSR count). The average Bonchev–Trinajstić information content (AvgIpc) is 3.05. The van der Waals surface area contributed by atoms with Crippen LogP contribution >= 0.6 is 0 Å². The Labute approximate surface area is 159 Å². The van der Waals surface area contributed by atoms with Crippen LogP contribution in [-0.2, 0) is 17.8 Å². The maximum absolute atomic E-state index is 12.7. The van der Waals surface area contributed by atoms with Crippen LogP contribution in [0.3, 0.4) is 0 Å². The van der Waals surface area contributed by atoms with Gasteiger partial charge in [-0.05, 0) is 29.7 Å².